The first-order chi connectivity index (χ1) is 6.96. The lowest BCUT2D eigenvalue weighted by atomic mass is 10.1. The van der Waals surface area contributed by atoms with Gasteiger partial charge in [-0.3, -0.25) is 0 Å². The van der Waals surface area contributed by atoms with Crippen LogP contribution in [0.2, 0.25) is 0 Å². The topological polar surface area (TPSA) is 71.9 Å². The normalized spacial score (nSPS) is 10.9. The zero-order valence-corrected chi connectivity index (χ0v) is 7.38. The highest BCUT2D eigenvalue weighted by atomic mass is 19.4. The molecule has 0 bridgehead atoms. The minimum atomic E-state index is -4.80. The third-order valence-corrected chi connectivity index (χ3v) is 1.53. The average molecular weight is 217 g/mol. The Balaban J connectivity index is 3.00. The van der Waals surface area contributed by atoms with Gasteiger partial charge in [0.2, 0.25) is 5.88 Å². The molecule has 0 spiro atoms. The lowest BCUT2D eigenvalue weighted by Crippen LogP contribution is -2.18. The van der Waals surface area contributed by atoms with Crippen molar-refractivity contribution in [3.63, 3.8) is 0 Å². The Kier molecular flexibility index (Phi) is 3.11. The molecule has 0 fully saturated rings. The minimum Gasteiger partial charge on any atom is -0.388 e. The second-order valence-electron chi connectivity index (χ2n) is 2.54. The SMILES string of the molecule is N#Cc1cnc(OC(F)(F)F)cc1CN. The molecule has 0 radical (unpaired) electrons. The minimum absolute atomic E-state index is 0.0559. The molecule has 2 N–H and O–H groups in total. The predicted octanol–water partition coefficient (Wildman–Crippen LogP) is 1.31. The Morgan fingerprint density at radius 2 is 2.20 bits per heavy atom. The van der Waals surface area contributed by atoms with Crippen LogP contribution in [0.5, 0.6) is 5.88 Å². The van der Waals surface area contributed by atoms with Crippen LogP contribution in [0.1, 0.15) is 11.1 Å². The summed E-state index contributed by atoms with van der Waals surface area (Å²) in [5.41, 5.74) is 5.63. The fraction of sp³-hybridized carbons (Fsp3) is 0.250. The molecule has 4 nitrogen and oxygen atoms in total. The molecule has 1 aromatic heterocycles. The molecule has 1 aromatic rings. The summed E-state index contributed by atoms with van der Waals surface area (Å²) in [6.07, 6.45) is -3.81. The van der Waals surface area contributed by atoms with E-state index in [9.17, 15) is 13.2 Å². The molecule has 0 aliphatic heterocycles. The molecular weight excluding hydrogens is 211 g/mol. The number of nitrogens with zero attached hydrogens (tertiary/aromatic N) is 2. The van der Waals surface area contributed by atoms with Gasteiger partial charge in [-0.2, -0.15) is 5.26 Å². The number of halogens is 3. The molecule has 1 rings (SSSR count). The van der Waals surface area contributed by atoms with E-state index in [2.05, 4.69) is 9.72 Å². The predicted molar refractivity (Wildman–Crippen MR) is 43.5 cm³/mol. The highest BCUT2D eigenvalue weighted by Gasteiger charge is 2.31. The lowest BCUT2D eigenvalue weighted by molar-refractivity contribution is -0.276. The summed E-state index contributed by atoms with van der Waals surface area (Å²) in [6.45, 7) is -0.0559. The van der Waals surface area contributed by atoms with E-state index < -0.39 is 12.2 Å². The molecule has 15 heavy (non-hydrogen) atoms. The number of nitriles is 1. The van der Waals surface area contributed by atoms with Crippen LogP contribution < -0.4 is 10.5 Å². The first kappa shape index (κ1) is 11.3. The van der Waals surface area contributed by atoms with E-state index in [1.807, 2.05) is 0 Å². The van der Waals surface area contributed by atoms with Crippen molar-refractivity contribution >= 4 is 0 Å². The maximum absolute atomic E-state index is 11.8. The quantitative estimate of drug-likeness (QED) is 0.810. The van der Waals surface area contributed by atoms with Crippen molar-refractivity contribution in [3.05, 3.63) is 23.4 Å². The number of nitrogens with two attached hydrogens (primary N) is 1. The zero-order valence-electron chi connectivity index (χ0n) is 7.38. The first-order valence-electron chi connectivity index (χ1n) is 3.81. The highest BCUT2D eigenvalue weighted by molar-refractivity contribution is 5.37. The molecule has 0 unspecified atom stereocenters. The van der Waals surface area contributed by atoms with Crippen molar-refractivity contribution in [3.8, 4) is 11.9 Å². The Hall–Kier alpha value is -1.81. The largest absolute Gasteiger partial charge is 0.574 e. The lowest BCUT2D eigenvalue weighted by Gasteiger charge is -2.08. The molecule has 0 aliphatic rings. The molecule has 0 atom stereocenters. The number of rotatable bonds is 2. The van der Waals surface area contributed by atoms with E-state index >= 15 is 0 Å². The van der Waals surface area contributed by atoms with Gasteiger partial charge in [0, 0.05) is 18.8 Å². The van der Waals surface area contributed by atoms with Crippen molar-refractivity contribution < 1.29 is 17.9 Å². The molecule has 0 amide bonds. The van der Waals surface area contributed by atoms with Crippen molar-refractivity contribution in [2.24, 2.45) is 5.73 Å². The summed E-state index contributed by atoms with van der Waals surface area (Å²) < 4.78 is 39.0. The fourth-order valence-electron chi connectivity index (χ4n) is 0.919. The smallest absolute Gasteiger partial charge is 0.388 e. The summed E-state index contributed by atoms with van der Waals surface area (Å²) in [5, 5.41) is 8.56. The van der Waals surface area contributed by atoms with E-state index in [-0.39, 0.29) is 17.7 Å². The van der Waals surface area contributed by atoms with Crippen LogP contribution in [-0.4, -0.2) is 11.3 Å². The van der Waals surface area contributed by atoms with Crippen molar-refractivity contribution in [1.29, 1.82) is 5.26 Å². The van der Waals surface area contributed by atoms with Crippen molar-refractivity contribution in [2.75, 3.05) is 0 Å². The van der Waals surface area contributed by atoms with Crippen LogP contribution in [0.15, 0.2) is 12.3 Å². The first-order valence-corrected chi connectivity index (χ1v) is 3.81. The summed E-state index contributed by atoms with van der Waals surface area (Å²) in [5.74, 6) is -0.623. The Labute approximate surface area is 83.1 Å². The zero-order chi connectivity index (χ0) is 11.5. The van der Waals surface area contributed by atoms with Crippen molar-refractivity contribution in [2.45, 2.75) is 12.9 Å². The van der Waals surface area contributed by atoms with Gasteiger partial charge in [0.1, 0.15) is 6.07 Å². The standard InChI is InChI=1S/C8H6F3N3O/c9-8(10,11)15-7-1-5(2-12)6(3-13)4-14-7/h1,4H,2,12H2. The van der Waals surface area contributed by atoms with Gasteiger partial charge in [0.05, 0.1) is 5.56 Å². The molecule has 1 heterocycles. The van der Waals surface area contributed by atoms with E-state index in [0.717, 1.165) is 12.3 Å². The Bertz CT molecular complexity index is 397. The van der Waals surface area contributed by atoms with Gasteiger partial charge >= 0.3 is 6.36 Å². The fourth-order valence-corrected chi connectivity index (χ4v) is 0.919. The number of ether oxygens (including phenoxy) is 1. The molecule has 0 saturated carbocycles. The monoisotopic (exact) mass is 217 g/mol. The van der Waals surface area contributed by atoms with Crippen LogP contribution >= 0.6 is 0 Å². The number of aromatic nitrogens is 1. The molecule has 80 valence electrons. The van der Waals surface area contributed by atoms with Gasteiger partial charge in [-0.05, 0) is 5.56 Å². The summed E-state index contributed by atoms with van der Waals surface area (Å²) in [6, 6.07) is 2.75. The highest BCUT2D eigenvalue weighted by Crippen LogP contribution is 2.22. The van der Waals surface area contributed by atoms with Gasteiger partial charge in [0.15, 0.2) is 0 Å². The van der Waals surface area contributed by atoms with Crippen LogP contribution in [0.4, 0.5) is 13.2 Å². The van der Waals surface area contributed by atoms with Gasteiger partial charge < -0.3 is 10.5 Å². The van der Waals surface area contributed by atoms with Crippen LogP contribution in [0.3, 0.4) is 0 Å². The van der Waals surface area contributed by atoms with Crippen LogP contribution in [-0.2, 0) is 6.54 Å². The van der Waals surface area contributed by atoms with Gasteiger partial charge in [-0.25, -0.2) is 4.98 Å². The molecule has 0 aromatic carbocycles. The van der Waals surface area contributed by atoms with Gasteiger partial charge in [-0.1, -0.05) is 0 Å². The maximum atomic E-state index is 11.8. The van der Waals surface area contributed by atoms with E-state index in [0.29, 0.717) is 0 Å². The maximum Gasteiger partial charge on any atom is 0.574 e. The number of alkyl halides is 3. The number of hydrogen-bond acceptors (Lipinski definition) is 4. The summed E-state index contributed by atoms with van der Waals surface area (Å²) in [7, 11) is 0. The summed E-state index contributed by atoms with van der Waals surface area (Å²) >= 11 is 0. The Morgan fingerprint density at radius 1 is 1.53 bits per heavy atom. The second-order valence-corrected chi connectivity index (χ2v) is 2.54. The van der Waals surface area contributed by atoms with E-state index in [1.165, 1.54) is 0 Å². The molecule has 7 heteroatoms. The van der Waals surface area contributed by atoms with Crippen LogP contribution in [0, 0.1) is 11.3 Å². The van der Waals surface area contributed by atoms with Crippen LogP contribution in [0.25, 0.3) is 0 Å². The molecule has 0 aliphatic carbocycles. The van der Waals surface area contributed by atoms with Gasteiger partial charge in [-0.15, -0.1) is 13.2 Å². The third kappa shape index (κ3) is 3.11. The van der Waals surface area contributed by atoms with Gasteiger partial charge in [0.25, 0.3) is 0 Å². The average Bonchev–Trinajstić information content (AvgIpc) is 2.15. The number of hydrogen-bond donors (Lipinski definition) is 1. The summed E-state index contributed by atoms with van der Waals surface area (Å²) in [4.78, 5) is 3.32. The Morgan fingerprint density at radius 3 is 2.67 bits per heavy atom. The third-order valence-electron chi connectivity index (χ3n) is 1.53. The van der Waals surface area contributed by atoms with E-state index in [4.69, 9.17) is 11.0 Å². The van der Waals surface area contributed by atoms with E-state index in [1.54, 1.807) is 6.07 Å². The molecular formula is C8H6F3N3O. The second kappa shape index (κ2) is 4.14. The van der Waals surface area contributed by atoms with Crippen molar-refractivity contribution in [1.82, 2.24) is 4.98 Å². The molecule has 0 saturated heterocycles. The number of pyridine rings is 1.